The van der Waals surface area contributed by atoms with Crippen LogP contribution in [0.2, 0.25) is 0 Å². The highest BCUT2D eigenvalue weighted by molar-refractivity contribution is 5.95. The van der Waals surface area contributed by atoms with Gasteiger partial charge in [-0.15, -0.1) is 0 Å². The van der Waals surface area contributed by atoms with Crippen molar-refractivity contribution in [3.8, 4) is 0 Å². The number of para-hydroxylation sites is 1. The molecule has 19 heavy (non-hydrogen) atoms. The van der Waals surface area contributed by atoms with Gasteiger partial charge >= 0.3 is 0 Å². The third-order valence-corrected chi connectivity index (χ3v) is 3.45. The topological polar surface area (TPSA) is 52.6 Å². The molecule has 0 heterocycles. The molecule has 0 saturated carbocycles. The number of hydrogen-bond donors (Lipinski definition) is 2. The van der Waals surface area contributed by atoms with Crippen molar-refractivity contribution < 1.29 is 9.90 Å². The number of aliphatic hydroxyl groups is 1. The van der Waals surface area contributed by atoms with Gasteiger partial charge in [0.15, 0.2) is 0 Å². The van der Waals surface area contributed by atoms with Crippen molar-refractivity contribution in [3.05, 3.63) is 29.3 Å². The Labute approximate surface area is 115 Å². The standard InChI is InChI=1S/C15H24N2O2/c1-5-17(9-10-18)13(4)15(19)16-14-11(2)7-6-8-12(14)3/h6-8,13,18H,5,9-10H2,1-4H3,(H,16,19). The van der Waals surface area contributed by atoms with E-state index in [0.29, 0.717) is 6.54 Å². The Balaban J connectivity index is 2.79. The lowest BCUT2D eigenvalue weighted by Gasteiger charge is -2.26. The second-order valence-electron chi connectivity index (χ2n) is 4.78. The Hall–Kier alpha value is -1.39. The minimum absolute atomic E-state index is 0.0345. The zero-order valence-corrected chi connectivity index (χ0v) is 12.2. The summed E-state index contributed by atoms with van der Waals surface area (Å²) in [6.45, 7) is 9.13. The molecule has 1 rings (SSSR count). The number of anilines is 1. The molecule has 2 N–H and O–H groups in total. The molecule has 106 valence electrons. The highest BCUT2D eigenvalue weighted by atomic mass is 16.3. The first kappa shape index (κ1) is 15.7. The van der Waals surface area contributed by atoms with E-state index in [0.717, 1.165) is 23.4 Å². The van der Waals surface area contributed by atoms with Crippen LogP contribution in [-0.2, 0) is 4.79 Å². The van der Waals surface area contributed by atoms with Crippen LogP contribution in [-0.4, -0.2) is 41.7 Å². The van der Waals surface area contributed by atoms with Crippen LogP contribution < -0.4 is 5.32 Å². The van der Waals surface area contributed by atoms with E-state index in [4.69, 9.17) is 5.11 Å². The number of nitrogens with zero attached hydrogens (tertiary/aromatic N) is 1. The summed E-state index contributed by atoms with van der Waals surface area (Å²) in [4.78, 5) is 14.2. The number of nitrogens with one attached hydrogen (secondary N) is 1. The average molecular weight is 264 g/mol. The van der Waals surface area contributed by atoms with Gasteiger partial charge < -0.3 is 10.4 Å². The maximum Gasteiger partial charge on any atom is 0.241 e. The Morgan fingerprint density at radius 2 is 1.95 bits per heavy atom. The maximum atomic E-state index is 12.3. The summed E-state index contributed by atoms with van der Waals surface area (Å²) in [5.74, 6) is -0.0345. The van der Waals surface area contributed by atoms with Gasteiger partial charge in [0.1, 0.15) is 0 Å². The molecule has 0 aliphatic carbocycles. The van der Waals surface area contributed by atoms with Crippen molar-refractivity contribution in [2.45, 2.75) is 33.7 Å². The van der Waals surface area contributed by atoms with E-state index in [1.54, 1.807) is 0 Å². The second kappa shape index (κ2) is 7.26. The number of likely N-dealkylation sites (N-methyl/N-ethyl adjacent to an activating group) is 1. The number of amides is 1. The highest BCUT2D eigenvalue weighted by Crippen LogP contribution is 2.19. The van der Waals surface area contributed by atoms with Gasteiger partial charge in [0.2, 0.25) is 5.91 Å². The molecule has 0 bridgehead atoms. The summed E-state index contributed by atoms with van der Waals surface area (Å²) in [6, 6.07) is 5.70. The largest absolute Gasteiger partial charge is 0.395 e. The van der Waals surface area contributed by atoms with Crippen LogP contribution in [0.1, 0.15) is 25.0 Å². The zero-order valence-electron chi connectivity index (χ0n) is 12.2. The Kier molecular flexibility index (Phi) is 5.99. The molecule has 1 aromatic rings. The third kappa shape index (κ3) is 4.04. The molecule has 1 atom stereocenters. The Bertz CT molecular complexity index is 412. The smallest absolute Gasteiger partial charge is 0.241 e. The van der Waals surface area contributed by atoms with E-state index in [-0.39, 0.29) is 18.6 Å². The van der Waals surface area contributed by atoms with E-state index in [1.807, 2.05) is 50.8 Å². The van der Waals surface area contributed by atoms with E-state index in [2.05, 4.69) is 5.32 Å². The second-order valence-corrected chi connectivity index (χ2v) is 4.78. The normalized spacial score (nSPS) is 12.5. The van der Waals surface area contributed by atoms with Crippen molar-refractivity contribution >= 4 is 11.6 Å². The third-order valence-electron chi connectivity index (χ3n) is 3.45. The van der Waals surface area contributed by atoms with E-state index < -0.39 is 0 Å². The molecule has 1 aromatic carbocycles. The minimum Gasteiger partial charge on any atom is -0.395 e. The summed E-state index contributed by atoms with van der Waals surface area (Å²) in [7, 11) is 0. The van der Waals surface area contributed by atoms with Crippen LogP contribution in [0.4, 0.5) is 5.69 Å². The zero-order chi connectivity index (χ0) is 14.4. The Morgan fingerprint density at radius 3 is 2.42 bits per heavy atom. The van der Waals surface area contributed by atoms with Gasteiger partial charge in [-0.3, -0.25) is 9.69 Å². The fourth-order valence-corrected chi connectivity index (χ4v) is 2.16. The van der Waals surface area contributed by atoms with Gasteiger partial charge in [-0.25, -0.2) is 0 Å². The molecule has 0 aromatic heterocycles. The fraction of sp³-hybridized carbons (Fsp3) is 0.533. The van der Waals surface area contributed by atoms with Crippen molar-refractivity contribution in [1.82, 2.24) is 4.90 Å². The first-order valence-corrected chi connectivity index (χ1v) is 6.73. The Morgan fingerprint density at radius 1 is 1.37 bits per heavy atom. The first-order chi connectivity index (χ1) is 9.01. The van der Waals surface area contributed by atoms with Crippen LogP contribution >= 0.6 is 0 Å². The van der Waals surface area contributed by atoms with Crippen LogP contribution in [0, 0.1) is 13.8 Å². The van der Waals surface area contributed by atoms with Gasteiger partial charge in [0.25, 0.3) is 0 Å². The van der Waals surface area contributed by atoms with Crippen LogP contribution in [0.25, 0.3) is 0 Å². The summed E-state index contributed by atoms with van der Waals surface area (Å²) < 4.78 is 0. The quantitative estimate of drug-likeness (QED) is 0.825. The molecule has 0 spiro atoms. The molecular formula is C15H24N2O2. The van der Waals surface area contributed by atoms with Gasteiger partial charge in [-0.05, 0) is 38.4 Å². The number of carbonyl (C=O) groups is 1. The molecule has 1 unspecified atom stereocenters. The van der Waals surface area contributed by atoms with Crippen LogP contribution in [0.3, 0.4) is 0 Å². The summed E-state index contributed by atoms with van der Waals surface area (Å²) in [5, 5.41) is 12.0. The fourth-order valence-electron chi connectivity index (χ4n) is 2.16. The number of benzene rings is 1. The molecule has 0 fully saturated rings. The lowest BCUT2D eigenvalue weighted by molar-refractivity contribution is -0.120. The van der Waals surface area contributed by atoms with Crippen molar-refractivity contribution in [2.75, 3.05) is 25.0 Å². The SMILES string of the molecule is CCN(CCO)C(C)C(=O)Nc1c(C)cccc1C. The highest BCUT2D eigenvalue weighted by Gasteiger charge is 2.20. The van der Waals surface area contributed by atoms with E-state index in [1.165, 1.54) is 0 Å². The number of aliphatic hydroxyl groups excluding tert-OH is 1. The van der Waals surface area contributed by atoms with E-state index >= 15 is 0 Å². The van der Waals surface area contributed by atoms with Crippen LogP contribution in [0.15, 0.2) is 18.2 Å². The van der Waals surface area contributed by atoms with Gasteiger partial charge in [-0.2, -0.15) is 0 Å². The predicted octanol–water partition coefficient (Wildman–Crippen LogP) is 1.94. The van der Waals surface area contributed by atoms with Crippen LogP contribution in [0.5, 0.6) is 0 Å². The minimum atomic E-state index is -0.254. The number of hydrogen-bond acceptors (Lipinski definition) is 3. The summed E-state index contributed by atoms with van der Waals surface area (Å²) in [5.41, 5.74) is 3.01. The summed E-state index contributed by atoms with van der Waals surface area (Å²) >= 11 is 0. The first-order valence-electron chi connectivity index (χ1n) is 6.73. The molecule has 4 nitrogen and oxygen atoms in total. The number of aryl methyl sites for hydroxylation is 2. The van der Waals surface area contributed by atoms with Crippen molar-refractivity contribution in [1.29, 1.82) is 0 Å². The predicted molar refractivity (Wildman–Crippen MR) is 78.3 cm³/mol. The number of rotatable bonds is 6. The van der Waals surface area contributed by atoms with Gasteiger partial charge in [0.05, 0.1) is 12.6 Å². The summed E-state index contributed by atoms with van der Waals surface area (Å²) in [6.07, 6.45) is 0. The van der Waals surface area contributed by atoms with Gasteiger partial charge in [-0.1, -0.05) is 25.1 Å². The average Bonchev–Trinajstić information content (AvgIpc) is 2.39. The lowest BCUT2D eigenvalue weighted by atomic mass is 10.1. The number of carbonyl (C=O) groups excluding carboxylic acids is 1. The molecular weight excluding hydrogens is 240 g/mol. The monoisotopic (exact) mass is 264 g/mol. The molecule has 0 saturated heterocycles. The maximum absolute atomic E-state index is 12.3. The molecule has 1 amide bonds. The van der Waals surface area contributed by atoms with Gasteiger partial charge in [0, 0.05) is 12.2 Å². The molecule has 0 radical (unpaired) electrons. The molecule has 0 aliphatic rings. The van der Waals surface area contributed by atoms with Crippen molar-refractivity contribution in [2.24, 2.45) is 0 Å². The van der Waals surface area contributed by atoms with E-state index in [9.17, 15) is 4.79 Å². The molecule has 0 aliphatic heterocycles. The lowest BCUT2D eigenvalue weighted by Crippen LogP contribution is -2.43. The van der Waals surface area contributed by atoms with Crippen molar-refractivity contribution in [3.63, 3.8) is 0 Å². The molecule has 4 heteroatoms.